The lowest BCUT2D eigenvalue weighted by Crippen LogP contribution is -2.18. The average molecular weight is 404 g/mol. The maximum Gasteiger partial charge on any atom is 0.147 e. The van der Waals surface area contributed by atoms with Crippen molar-refractivity contribution in [3.05, 3.63) is 83.7 Å². The zero-order valence-electron chi connectivity index (χ0n) is 17.5. The van der Waals surface area contributed by atoms with Gasteiger partial charge in [0, 0.05) is 25.2 Å². The molecule has 4 nitrogen and oxygen atoms in total. The number of halogens is 1. The minimum atomic E-state index is -0.579. The van der Waals surface area contributed by atoms with Crippen LogP contribution in [0.5, 0.6) is 5.75 Å². The van der Waals surface area contributed by atoms with Crippen LogP contribution in [0.25, 0.3) is 22.2 Å². The topological polar surface area (TPSA) is 39.1 Å². The molecule has 1 aromatic heterocycles. The number of imidazole rings is 1. The molecule has 5 heteroatoms. The van der Waals surface area contributed by atoms with Crippen molar-refractivity contribution in [1.82, 2.24) is 14.9 Å². The molecule has 0 saturated heterocycles. The van der Waals surface area contributed by atoms with E-state index in [1.54, 1.807) is 11.7 Å². The number of alkyl halides is 1. The normalized spacial score (nSPS) is 12.3. The van der Waals surface area contributed by atoms with Gasteiger partial charge in [0.05, 0.1) is 18.1 Å². The number of aryl methyl sites for hydroxylation is 1. The van der Waals surface area contributed by atoms with E-state index in [2.05, 4.69) is 53.6 Å². The fourth-order valence-electron chi connectivity index (χ4n) is 3.76. The van der Waals surface area contributed by atoms with Crippen molar-refractivity contribution in [2.45, 2.75) is 26.2 Å². The molecular formula is C25H26FN3O. The summed E-state index contributed by atoms with van der Waals surface area (Å²) in [5, 5.41) is 3.58. The lowest BCUT2D eigenvalue weighted by Gasteiger charge is -2.16. The van der Waals surface area contributed by atoms with Crippen LogP contribution >= 0.6 is 0 Å². The molecule has 0 unspecified atom stereocenters. The van der Waals surface area contributed by atoms with Gasteiger partial charge in [-0.3, -0.25) is 0 Å². The Balaban J connectivity index is 1.62. The summed E-state index contributed by atoms with van der Waals surface area (Å²) in [7, 11) is 3.51. The van der Waals surface area contributed by atoms with Crippen molar-refractivity contribution < 1.29 is 9.13 Å². The molecule has 0 spiro atoms. The first-order chi connectivity index (χ1) is 14.6. The third kappa shape index (κ3) is 3.94. The Morgan fingerprint density at radius 2 is 1.87 bits per heavy atom. The van der Waals surface area contributed by atoms with E-state index >= 15 is 0 Å². The van der Waals surface area contributed by atoms with Crippen LogP contribution in [0.4, 0.5) is 4.39 Å². The zero-order chi connectivity index (χ0) is 21.1. The second-order valence-corrected chi connectivity index (χ2v) is 7.47. The molecule has 0 bridgehead atoms. The Hall–Kier alpha value is -3.18. The third-order valence-corrected chi connectivity index (χ3v) is 5.58. The summed E-state index contributed by atoms with van der Waals surface area (Å²) in [6.07, 6.45) is 0. The van der Waals surface area contributed by atoms with Crippen LogP contribution in [0.1, 0.15) is 29.9 Å². The molecule has 0 aliphatic carbocycles. The fraction of sp³-hybridized carbons (Fsp3) is 0.240. The second kappa shape index (κ2) is 8.67. The highest BCUT2D eigenvalue weighted by molar-refractivity contribution is 5.84. The van der Waals surface area contributed by atoms with E-state index in [4.69, 9.17) is 4.74 Å². The summed E-state index contributed by atoms with van der Waals surface area (Å²) < 4.78 is 20.6. The molecule has 0 fully saturated rings. The van der Waals surface area contributed by atoms with Gasteiger partial charge in [-0.2, -0.15) is 0 Å². The van der Waals surface area contributed by atoms with Gasteiger partial charge in [0.15, 0.2) is 0 Å². The third-order valence-electron chi connectivity index (χ3n) is 5.58. The number of benzene rings is 3. The van der Waals surface area contributed by atoms with E-state index in [1.165, 1.54) is 11.1 Å². The number of rotatable bonds is 7. The summed E-state index contributed by atoms with van der Waals surface area (Å²) in [5.74, 6) is 1.23. The number of hydrogen-bond acceptors (Lipinski definition) is 3. The van der Waals surface area contributed by atoms with Gasteiger partial charge in [0.25, 0.3) is 0 Å². The molecule has 0 amide bonds. The van der Waals surface area contributed by atoms with E-state index in [-0.39, 0.29) is 6.04 Å². The monoisotopic (exact) mass is 403 g/mol. The van der Waals surface area contributed by atoms with E-state index in [9.17, 15) is 4.39 Å². The molecule has 4 aromatic rings. The molecule has 3 aromatic carbocycles. The molecule has 1 heterocycles. The molecule has 0 saturated carbocycles. The zero-order valence-corrected chi connectivity index (χ0v) is 17.5. The van der Waals surface area contributed by atoms with Crippen LogP contribution in [0, 0.1) is 0 Å². The van der Waals surface area contributed by atoms with Crippen molar-refractivity contribution in [2.24, 2.45) is 7.05 Å². The van der Waals surface area contributed by atoms with Gasteiger partial charge < -0.3 is 14.6 Å². The number of fused-ring (bicyclic) bond motifs is 1. The predicted molar refractivity (Wildman–Crippen MR) is 119 cm³/mol. The van der Waals surface area contributed by atoms with Crippen LogP contribution in [-0.2, 0) is 20.3 Å². The van der Waals surface area contributed by atoms with E-state index in [0.29, 0.717) is 5.82 Å². The summed E-state index contributed by atoms with van der Waals surface area (Å²) in [6, 6.07) is 22.9. The quantitative estimate of drug-likeness (QED) is 0.438. The van der Waals surface area contributed by atoms with Crippen LogP contribution in [0.3, 0.4) is 0 Å². The Morgan fingerprint density at radius 1 is 1.07 bits per heavy atom. The highest BCUT2D eigenvalue weighted by Gasteiger charge is 2.12. The molecule has 0 aliphatic heterocycles. The number of ether oxygens (including phenoxy) is 1. The number of aromatic nitrogens is 2. The maximum atomic E-state index is 13.2. The Morgan fingerprint density at radius 3 is 2.60 bits per heavy atom. The van der Waals surface area contributed by atoms with Crippen molar-refractivity contribution in [3.8, 4) is 16.9 Å². The maximum absolute atomic E-state index is 13.2. The summed E-state index contributed by atoms with van der Waals surface area (Å²) >= 11 is 0. The summed E-state index contributed by atoms with van der Waals surface area (Å²) in [4.78, 5) is 4.42. The number of nitrogens with one attached hydrogen (secondary N) is 1. The van der Waals surface area contributed by atoms with Gasteiger partial charge in [0.1, 0.15) is 18.2 Å². The Bertz CT molecular complexity index is 1150. The summed E-state index contributed by atoms with van der Waals surface area (Å²) in [6.45, 7) is 2.33. The van der Waals surface area contributed by atoms with Gasteiger partial charge >= 0.3 is 0 Å². The Kier molecular flexibility index (Phi) is 5.81. The SMILES string of the molecule is COc1ccc(CN[C@H](C)c2ccccc2)cc1-c1ccc2c(c1)nc(CF)n2C. The summed E-state index contributed by atoms with van der Waals surface area (Å²) in [5.41, 5.74) is 6.12. The van der Waals surface area contributed by atoms with E-state index in [1.807, 2.05) is 37.4 Å². The molecular weight excluding hydrogens is 377 g/mol. The smallest absolute Gasteiger partial charge is 0.147 e. The first kappa shape index (κ1) is 20.1. The van der Waals surface area contributed by atoms with Gasteiger partial charge in [-0.1, -0.05) is 42.5 Å². The molecule has 1 N–H and O–H groups in total. The Labute approximate surface area is 176 Å². The van der Waals surface area contributed by atoms with E-state index in [0.717, 1.165) is 34.5 Å². The minimum absolute atomic E-state index is 0.251. The number of hydrogen-bond donors (Lipinski definition) is 1. The lowest BCUT2D eigenvalue weighted by molar-refractivity contribution is 0.416. The molecule has 30 heavy (non-hydrogen) atoms. The largest absolute Gasteiger partial charge is 0.496 e. The highest BCUT2D eigenvalue weighted by atomic mass is 19.1. The minimum Gasteiger partial charge on any atom is -0.496 e. The van der Waals surface area contributed by atoms with Crippen LogP contribution < -0.4 is 10.1 Å². The molecule has 4 rings (SSSR count). The first-order valence-electron chi connectivity index (χ1n) is 10.1. The van der Waals surface area contributed by atoms with Crippen molar-refractivity contribution in [2.75, 3.05) is 7.11 Å². The molecule has 1 atom stereocenters. The second-order valence-electron chi connectivity index (χ2n) is 7.47. The first-order valence-corrected chi connectivity index (χ1v) is 10.1. The molecule has 0 aliphatic rings. The van der Waals surface area contributed by atoms with Gasteiger partial charge in [-0.05, 0) is 47.9 Å². The number of methoxy groups -OCH3 is 1. The predicted octanol–water partition coefficient (Wildman–Crippen LogP) is 5.57. The van der Waals surface area contributed by atoms with Gasteiger partial charge in [-0.25, -0.2) is 9.37 Å². The average Bonchev–Trinajstić information content (AvgIpc) is 3.12. The van der Waals surface area contributed by atoms with Crippen LogP contribution in [0.15, 0.2) is 66.7 Å². The van der Waals surface area contributed by atoms with Crippen molar-refractivity contribution in [1.29, 1.82) is 0 Å². The van der Waals surface area contributed by atoms with Gasteiger partial charge in [-0.15, -0.1) is 0 Å². The highest BCUT2D eigenvalue weighted by Crippen LogP contribution is 2.33. The standard InChI is InChI=1S/C25H26FN3O/c1-17(19-7-5-4-6-8-19)27-16-18-9-12-24(30-3)21(13-18)20-10-11-23-22(14-20)28-25(15-26)29(23)2/h4-14,17,27H,15-16H2,1-3H3/t17-/m1/s1. The molecule has 154 valence electrons. The lowest BCUT2D eigenvalue weighted by atomic mass is 10.0. The van der Waals surface area contributed by atoms with Crippen LogP contribution in [-0.4, -0.2) is 16.7 Å². The van der Waals surface area contributed by atoms with Crippen molar-refractivity contribution >= 4 is 11.0 Å². The van der Waals surface area contributed by atoms with E-state index < -0.39 is 6.67 Å². The van der Waals surface area contributed by atoms with Crippen molar-refractivity contribution in [3.63, 3.8) is 0 Å². The fourth-order valence-corrected chi connectivity index (χ4v) is 3.76. The van der Waals surface area contributed by atoms with Gasteiger partial charge in [0.2, 0.25) is 0 Å². The molecule has 0 radical (unpaired) electrons. The number of nitrogens with zero attached hydrogens (tertiary/aromatic N) is 2. The van der Waals surface area contributed by atoms with Crippen LogP contribution in [0.2, 0.25) is 0 Å².